The molecule has 7 heteroatoms. The van der Waals surface area contributed by atoms with E-state index in [1.54, 1.807) is 7.05 Å². The van der Waals surface area contributed by atoms with Gasteiger partial charge in [-0.2, -0.15) is 5.10 Å². The summed E-state index contributed by atoms with van der Waals surface area (Å²) in [6.07, 6.45) is 1.43. The molecule has 0 saturated carbocycles. The Morgan fingerprint density at radius 1 is 1.13 bits per heavy atom. The number of thiocarbonyl (C=S) groups is 1. The third kappa shape index (κ3) is 3.00. The number of nitrogens with zero attached hydrogens (tertiary/aromatic N) is 2. The molecule has 0 aliphatic rings. The molecule has 0 bridgehead atoms. The second-order valence-electron chi connectivity index (χ2n) is 4.94. The first-order valence-corrected chi connectivity index (χ1v) is 7.28. The molecular weight excluding hydrogens is 312 g/mol. The van der Waals surface area contributed by atoms with Crippen LogP contribution in [0.4, 0.5) is 11.4 Å². The minimum Gasteiger partial charge on any atom is -0.476 e. The average molecular weight is 326 g/mol. The van der Waals surface area contributed by atoms with Crippen LogP contribution in [0.15, 0.2) is 48.7 Å². The van der Waals surface area contributed by atoms with E-state index in [-0.39, 0.29) is 5.69 Å². The van der Waals surface area contributed by atoms with Crippen molar-refractivity contribution in [3.63, 3.8) is 0 Å². The Bertz CT molecular complexity index is 899. The Balaban J connectivity index is 1.84. The number of carboxylic acid groups (broad SMARTS) is 1. The van der Waals surface area contributed by atoms with Gasteiger partial charge in [-0.05, 0) is 23.7 Å². The summed E-state index contributed by atoms with van der Waals surface area (Å²) in [7, 11) is 1.57. The van der Waals surface area contributed by atoms with Gasteiger partial charge >= 0.3 is 5.97 Å². The van der Waals surface area contributed by atoms with Crippen LogP contribution in [0.2, 0.25) is 0 Å². The molecule has 1 aromatic heterocycles. The van der Waals surface area contributed by atoms with E-state index in [9.17, 15) is 9.90 Å². The van der Waals surface area contributed by atoms with Gasteiger partial charge in [-0.3, -0.25) is 4.68 Å². The molecule has 0 amide bonds. The highest BCUT2D eigenvalue weighted by molar-refractivity contribution is 7.80. The number of hydrogen-bond donors (Lipinski definition) is 3. The van der Waals surface area contributed by atoms with Crippen LogP contribution in [0.5, 0.6) is 0 Å². The van der Waals surface area contributed by atoms with E-state index in [1.165, 1.54) is 10.9 Å². The number of benzene rings is 2. The van der Waals surface area contributed by atoms with Crippen LogP contribution in [0.3, 0.4) is 0 Å². The lowest BCUT2D eigenvalue weighted by Crippen LogP contribution is -2.21. The fraction of sp³-hybridized carbons (Fsp3) is 0.0625. The highest BCUT2D eigenvalue weighted by Crippen LogP contribution is 2.23. The minimum absolute atomic E-state index is 0.0482. The third-order valence-corrected chi connectivity index (χ3v) is 3.63. The third-order valence-electron chi connectivity index (χ3n) is 3.43. The zero-order chi connectivity index (χ0) is 16.4. The van der Waals surface area contributed by atoms with Gasteiger partial charge in [0.2, 0.25) is 0 Å². The lowest BCUT2D eigenvalue weighted by atomic mass is 10.1. The number of aromatic carboxylic acids is 1. The molecule has 0 aliphatic carbocycles. The van der Waals surface area contributed by atoms with E-state index in [0.717, 1.165) is 16.5 Å². The fourth-order valence-electron chi connectivity index (χ4n) is 2.39. The molecule has 116 valence electrons. The predicted molar refractivity (Wildman–Crippen MR) is 94.0 cm³/mol. The molecule has 3 N–H and O–H groups in total. The molecular formula is C16H14N4O2S. The van der Waals surface area contributed by atoms with Crippen molar-refractivity contribution >= 4 is 45.4 Å². The highest BCUT2D eigenvalue weighted by Gasteiger charge is 2.16. The summed E-state index contributed by atoms with van der Waals surface area (Å²) in [5.74, 6) is -1.07. The summed E-state index contributed by atoms with van der Waals surface area (Å²) >= 11 is 5.28. The standard InChI is InChI=1S/C16H14N4O2S/c1-20-14(15(21)22)13(9-17-20)19-16(23)18-12-8-4-6-10-5-2-3-7-11(10)12/h2-9H,1H3,(H,21,22)(H2,18,19,23). The number of rotatable bonds is 3. The number of carbonyl (C=O) groups is 1. The number of hydrogen-bond acceptors (Lipinski definition) is 3. The molecule has 0 unspecified atom stereocenters. The van der Waals surface area contributed by atoms with E-state index in [0.29, 0.717) is 10.8 Å². The smallest absolute Gasteiger partial charge is 0.356 e. The topological polar surface area (TPSA) is 79.2 Å². The molecule has 23 heavy (non-hydrogen) atoms. The van der Waals surface area contributed by atoms with Gasteiger partial charge in [-0.15, -0.1) is 0 Å². The van der Waals surface area contributed by atoms with Crippen molar-refractivity contribution in [3.8, 4) is 0 Å². The maximum absolute atomic E-state index is 11.3. The lowest BCUT2D eigenvalue weighted by molar-refractivity contribution is 0.0686. The van der Waals surface area contributed by atoms with Crippen molar-refractivity contribution < 1.29 is 9.90 Å². The fourth-order valence-corrected chi connectivity index (χ4v) is 2.61. The van der Waals surface area contributed by atoms with E-state index in [2.05, 4.69) is 15.7 Å². The monoisotopic (exact) mass is 326 g/mol. The summed E-state index contributed by atoms with van der Waals surface area (Å²) in [6.45, 7) is 0. The van der Waals surface area contributed by atoms with Gasteiger partial charge in [-0.25, -0.2) is 4.79 Å². The normalized spacial score (nSPS) is 10.5. The minimum atomic E-state index is -1.07. The molecule has 0 spiro atoms. The van der Waals surface area contributed by atoms with E-state index >= 15 is 0 Å². The Hall–Kier alpha value is -2.93. The SMILES string of the molecule is Cn1ncc(NC(=S)Nc2cccc3ccccc23)c1C(=O)O. The van der Waals surface area contributed by atoms with Gasteiger partial charge in [-0.1, -0.05) is 36.4 Å². The van der Waals surface area contributed by atoms with Gasteiger partial charge in [0, 0.05) is 18.1 Å². The number of fused-ring (bicyclic) bond motifs is 1. The summed E-state index contributed by atoms with van der Waals surface area (Å²) in [5, 5.41) is 21.6. The molecule has 0 fully saturated rings. The number of anilines is 2. The second kappa shape index (κ2) is 6.05. The van der Waals surface area contributed by atoms with E-state index < -0.39 is 5.97 Å². The lowest BCUT2D eigenvalue weighted by Gasteiger charge is -2.12. The van der Waals surface area contributed by atoms with Crippen molar-refractivity contribution in [2.75, 3.05) is 10.6 Å². The van der Waals surface area contributed by atoms with Crippen LogP contribution in [-0.2, 0) is 7.05 Å². The van der Waals surface area contributed by atoms with E-state index in [1.807, 2.05) is 42.5 Å². The van der Waals surface area contributed by atoms with Crippen molar-refractivity contribution in [1.29, 1.82) is 0 Å². The summed E-state index contributed by atoms with van der Waals surface area (Å²) in [4.78, 5) is 11.3. The molecule has 3 rings (SSSR count). The van der Waals surface area contributed by atoms with Gasteiger partial charge in [0.05, 0.1) is 11.9 Å². The number of aryl methyl sites for hydroxylation is 1. The number of carboxylic acids is 1. The van der Waals surface area contributed by atoms with Crippen LogP contribution in [0.1, 0.15) is 10.5 Å². The Kier molecular flexibility index (Phi) is 3.94. The summed E-state index contributed by atoms with van der Waals surface area (Å²) in [6, 6.07) is 13.8. The first-order valence-electron chi connectivity index (χ1n) is 6.87. The van der Waals surface area contributed by atoms with Crippen molar-refractivity contribution in [2.45, 2.75) is 0 Å². The first kappa shape index (κ1) is 15.0. The predicted octanol–water partition coefficient (Wildman–Crippen LogP) is 3.08. The number of aromatic nitrogens is 2. The van der Waals surface area contributed by atoms with Crippen LogP contribution in [0.25, 0.3) is 10.8 Å². The van der Waals surface area contributed by atoms with Crippen molar-refractivity contribution in [1.82, 2.24) is 9.78 Å². The Morgan fingerprint density at radius 2 is 1.83 bits per heavy atom. The van der Waals surface area contributed by atoms with Crippen LogP contribution in [0, 0.1) is 0 Å². The molecule has 0 aliphatic heterocycles. The maximum Gasteiger partial charge on any atom is 0.356 e. The van der Waals surface area contributed by atoms with E-state index in [4.69, 9.17) is 12.2 Å². The van der Waals surface area contributed by atoms with Crippen LogP contribution in [-0.4, -0.2) is 26.0 Å². The van der Waals surface area contributed by atoms with Gasteiger partial charge < -0.3 is 15.7 Å². The molecule has 0 radical (unpaired) electrons. The largest absolute Gasteiger partial charge is 0.476 e. The van der Waals surface area contributed by atoms with Crippen molar-refractivity contribution in [3.05, 3.63) is 54.4 Å². The maximum atomic E-state index is 11.3. The summed E-state index contributed by atoms with van der Waals surface area (Å²) < 4.78 is 1.28. The van der Waals surface area contributed by atoms with Crippen LogP contribution < -0.4 is 10.6 Å². The Labute approximate surface area is 137 Å². The number of nitrogens with one attached hydrogen (secondary N) is 2. The zero-order valence-electron chi connectivity index (χ0n) is 12.3. The molecule has 3 aromatic rings. The first-order chi connectivity index (χ1) is 11.1. The quantitative estimate of drug-likeness (QED) is 0.642. The average Bonchev–Trinajstić information content (AvgIpc) is 2.88. The van der Waals surface area contributed by atoms with Crippen molar-refractivity contribution in [2.24, 2.45) is 7.05 Å². The molecule has 1 heterocycles. The molecule has 0 atom stereocenters. The van der Waals surface area contributed by atoms with Gasteiger partial charge in [0.1, 0.15) is 0 Å². The van der Waals surface area contributed by atoms with Gasteiger partial charge in [0.25, 0.3) is 0 Å². The van der Waals surface area contributed by atoms with Gasteiger partial charge in [0.15, 0.2) is 10.8 Å². The highest BCUT2D eigenvalue weighted by atomic mass is 32.1. The van der Waals surface area contributed by atoms with Crippen LogP contribution >= 0.6 is 12.2 Å². The summed E-state index contributed by atoms with van der Waals surface area (Å²) in [5.41, 5.74) is 1.24. The zero-order valence-corrected chi connectivity index (χ0v) is 13.1. The molecule has 0 saturated heterocycles. The second-order valence-corrected chi connectivity index (χ2v) is 5.35. The molecule has 2 aromatic carbocycles. The molecule has 6 nitrogen and oxygen atoms in total. The Morgan fingerprint density at radius 3 is 2.61 bits per heavy atom.